The van der Waals surface area contributed by atoms with Crippen LogP contribution in [-0.4, -0.2) is 73.0 Å². The number of anilines is 1. The van der Waals surface area contributed by atoms with Gasteiger partial charge in [-0.3, -0.25) is 4.79 Å². The molecule has 0 spiro atoms. The molecule has 0 N–H and O–H groups in total. The Kier molecular flexibility index (Phi) is 9.59. The number of amides is 1. The predicted octanol–water partition coefficient (Wildman–Crippen LogP) is 4.98. The van der Waals surface area contributed by atoms with Crippen molar-refractivity contribution in [2.75, 3.05) is 44.2 Å². The number of carbonyl (C=O) groups is 1. The maximum absolute atomic E-state index is 13.3. The average molecular weight is 577 g/mol. The molecule has 1 fully saturated rings. The molecule has 1 aliphatic rings. The predicted molar refractivity (Wildman–Crippen MR) is 151 cm³/mol. The number of benzene rings is 2. The second-order valence-electron chi connectivity index (χ2n) is 9.12. The fourth-order valence-corrected chi connectivity index (χ4v) is 6.11. The van der Waals surface area contributed by atoms with E-state index in [1.165, 1.54) is 16.4 Å². The third-order valence-corrected chi connectivity index (χ3v) is 8.94. The summed E-state index contributed by atoms with van der Waals surface area (Å²) < 4.78 is 27.9. The zero-order valence-corrected chi connectivity index (χ0v) is 23.6. The van der Waals surface area contributed by atoms with Crippen LogP contribution in [0, 0.1) is 0 Å². The average Bonchev–Trinajstić information content (AvgIpc) is 3.18. The van der Waals surface area contributed by atoms with Crippen molar-refractivity contribution in [2.24, 2.45) is 0 Å². The monoisotopic (exact) mass is 575 g/mol. The Hall–Kier alpha value is -2.72. The first-order chi connectivity index (χ1) is 18.3. The highest BCUT2D eigenvalue weighted by atomic mass is 35.5. The maximum Gasteiger partial charge on any atom is 0.243 e. The first-order valence-electron chi connectivity index (χ1n) is 12.7. The van der Waals surface area contributed by atoms with Crippen molar-refractivity contribution in [3.05, 3.63) is 70.7 Å². The van der Waals surface area contributed by atoms with Crippen molar-refractivity contribution < 1.29 is 13.2 Å². The topological polar surface area (TPSA) is 86.7 Å². The lowest BCUT2D eigenvalue weighted by Crippen LogP contribution is -2.44. The number of hydrogen-bond acceptors (Lipinski definition) is 6. The fourth-order valence-electron chi connectivity index (χ4n) is 4.33. The number of unbranched alkanes of at least 4 members (excludes halogenated alkanes) is 1. The number of sulfonamides is 1. The van der Waals surface area contributed by atoms with Crippen LogP contribution in [0.5, 0.6) is 0 Å². The lowest BCUT2D eigenvalue weighted by molar-refractivity contribution is -0.131. The van der Waals surface area contributed by atoms with E-state index >= 15 is 0 Å². The van der Waals surface area contributed by atoms with Crippen LogP contribution in [0.4, 0.5) is 5.82 Å². The lowest BCUT2D eigenvalue weighted by Gasteiger charge is -2.26. The number of rotatable bonds is 9. The van der Waals surface area contributed by atoms with Crippen LogP contribution < -0.4 is 4.90 Å². The summed E-state index contributed by atoms with van der Waals surface area (Å²) in [6, 6.07) is 17.3. The first-order valence-corrected chi connectivity index (χ1v) is 14.9. The van der Waals surface area contributed by atoms with E-state index < -0.39 is 10.0 Å². The summed E-state index contributed by atoms with van der Waals surface area (Å²) in [6.45, 7) is 4.37. The summed E-state index contributed by atoms with van der Waals surface area (Å²) in [5, 5.41) is 9.83. The lowest BCUT2D eigenvalue weighted by atomic mass is 10.1. The zero-order valence-electron chi connectivity index (χ0n) is 21.3. The minimum absolute atomic E-state index is 0.131. The van der Waals surface area contributed by atoms with Crippen molar-refractivity contribution in [1.82, 2.24) is 19.4 Å². The van der Waals surface area contributed by atoms with Crippen LogP contribution in [-0.2, 0) is 14.8 Å². The standard InChI is InChI=1S/C27H31Cl2N5O3S/c1-2-3-17-34(38(36,37)22-11-9-21(28)10-12-22)20-27(35)33-16-6-15-32(18-19-33)26-14-13-25(30-31-26)23-7-4-5-8-24(23)29/h4-5,7-14H,2-3,6,15-20H2,1H3. The Morgan fingerprint density at radius 2 is 1.71 bits per heavy atom. The molecule has 2 heterocycles. The van der Waals surface area contributed by atoms with Crippen molar-refractivity contribution in [3.8, 4) is 11.3 Å². The Morgan fingerprint density at radius 1 is 0.947 bits per heavy atom. The van der Waals surface area contributed by atoms with E-state index in [2.05, 4.69) is 15.1 Å². The van der Waals surface area contributed by atoms with Gasteiger partial charge in [0.2, 0.25) is 15.9 Å². The Bertz CT molecular complexity index is 1340. The summed E-state index contributed by atoms with van der Waals surface area (Å²) >= 11 is 12.2. The van der Waals surface area contributed by atoms with Crippen molar-refractivity contribution in [1.29, 1.82) is 0 Å². The summed E-state index contributed by atoms with van der Waals surface area (Å²) in [6.07, 6.45) is 2.21. The molecule has 1 aliphatic heterocycles. The van der Waals surface area contributed by atoms with E-state index in [0.717, 1.165) is 24.2 Å². The number of carbonyl (C=O) groups excluding carboxylic acids is 1. The third kappa shape index (κ3) is 6.83. The molecule has 1 saturated heterocycles. The van der Waals surface area contributed by atoms with Gasteiger partial charge in [-0.1, -0.05) is 54.7 Å². The number of halogens is 2. The van der Waals surface area contributed by atoms with Gasteiger partial charge < -0.3 is 9.80 Å². The molecule has 0 radical (unpaired) electrons. The van der Waals surface area contributed by atoms with Crippen molar-refractivity contribution >= 4 is 45.0 Å². The van der Waals surface area contributed by atoms with Gasteiger partial charge >= 0.3 is 0 Å². The molecule has 8 nitrogen and oxygen atoms in total. The quantitative estimate of drug-likeness (QED) is 0.357. The molecule has 0 saturated carbocycles. The number of aromatic nitrogens is 2. The Labute approximate surface area is 234 Å². The highest BCUT2D eigenvalue weighted by Gasteiger charge is 2.29. The van der Waals surface area contributed by atoms with E-state index in [0.29, 0.717) is 48.3 Å². The van der Waals surface area contributed by atoms with E-state index in [9.17, 15) is 13.2 Å². The molecule has 0 atom stereocenters. The van der Waals surface area contributed by atoms with E-state index in [1.807, 2.05) is 43.3 Å². The number of hydrogen-bond donors (Lipinski definition) is 0. The van der Waals surface area contributed by atoms with E-state index in [-0.39, 0.29) is 23.9 Å². The van der Waals surface area contributed by atoms with Crippen LogP contribution in [0.2, 0.25) is 10.0 Å². The molecular weight excluding hydrogens is 545 g/mol. The second-order valence-corrected chi connectivity index (χ2v) is 11.9. The molecule has 202 valence electrons. The molecule has 4 rings (SSSR count). The van der Waals surface area contributed by atoms with Crippen LogP contribution >= 0.6 is 23.2 Å². The van der Waals surface area contributed by atoms with Gasteiger partial charge in [-0.05, 0) is 55.3 Å². The van der Waals surface area contributed by atoms with Crippen LogP contribution in [0.25, 0.3) is 11.3 Å². The molecule has 0 aliphatic carbocycles. The smallest absolute Gasteiger partial charge is 0.243 e. The molecular formula is C27H31Cl2N5O3S. The highest BCUT2D eigenvalue weighted by molar-refractivity contribution is 7.89. The second kappa shape index (κ2) is 12.9. The van der Waals surface area contributed by atoms with Gasteiger partial charge in [0.25, 0.3) is 0 Å². The minimum Gasteiger partial charge on any atom is -0.353 e. The van der Waals surface area contributed by atoms with Crippen LogP contribution in [0.15, 0.2) is 65.6 Å². The van der Waals surface area contributed by atoms with Gasteiger partial charge in [-0.25, -0.2) is 8.42 Å². The van der Waals surface area contributed by atoms with Gasteiger partial charge in [-0.2, -0.15) is 4.31 Å². The summed E-state index contributed by atoms with van der Waals surface area (Å²) in [5.41, 5.74) is 1.52. The highest BCUT2D eigenvalue weighted by Crippen LogP contribution is 2.26. The zero-order chi connectivity index (χ0) is 27.1. The van der Waals surface area contributed by atoms with Gasteiger partial charge in [-0.15, -0.1) is 10.2 Å². The molecule has 3 aromatic rings. The van der Waals surface area contributed by atoms with Crippen LogP contribution in [0.1, 0.15) is 26.2 Å². The third-order valence-electron chi connectivity index (χ3n) is 6.50. The van der Waals surface area contributed by atoms with Gasteiger partial charge in [0.1, 0.15) is 0 Å². The Balaban J connectivity index is 1.41. The summed E-state index contributed by atoms with van der Waals surface area (Å²) in [5.74, 6) is 0.519. The minimum atomic E-state index is -3.83. The largest absolute Gasteiger partial charge is 0.353 e. The molecule has 1 amide bonds. The van der Waals surface area contributed by atoms with Crippen molar-refractivity contribution in [2.45, 2.75) is 31.1 Å². The van der Waals surface area contributed by atoms with E-state index in [1.54, 1.807) is 17.0 Å². The first kappa shape index (κ1) is 28.3. The summed E-state index contributed by atoms with van der Waals surface area (Å²) in [4.78, 5) is 17.2. The maximum atomic E-state index is 13.3. The molecule has 2 aromatic carbocycles. The van der Waals surface area contributed by atoms with Crippen LogP contribution in [0.3, 0.4) is 0 Å². The molecule has 0 bridgehead atoms. The molecule has 38 heavy (non-hydrogen) atoms. The molecule has 11 heteroatoms. The SMILES string of the molecule is CCCCN(CC(=O)N1CCCN(c2ccc(-c3ccccc3Cl)nn2)CC1)S(=O)(=O)c1ccc(Cl)cc1. The normalized spacial score (nSPS) is 14.5. The summed E-state index contributed by atoms with van der Waals surface area (Å²) in [7, 11) is -3.83. The molecule has 1 aromatic heterocycles. The molecule has 0 unspecified atom stereocenters. The van der Waals surface area contributed by atoms with Gasteiger partial charge in [0.05, 0.1) is 22.2 Å². The number of nitrogens with zero attached hydrogens (tertiary/aromatic N) is 5. The van der Waals surface area contributed by atoms with Gasteiger partial charge in [0, 0.05) is 43.3 Å². The van der Waals surface area contributed by atoms with Gasteiger partial charge in [0.15, 0.2) is 5.82 Å². The fraction of sp³-hybridized carbons (Fsp3) is 0.370. The van der Waals surface area contributed by atoms with E-state index in [4.69, 9.17) is 23.2 Å². The van der Waals surface area contributed by atoms with Crippen molar-refractivity contribution in [3.63, 3.8) is 0 Å². The Morgan fingerprint density at radius 3 is 2.39 bits per heavy atom.